The summed E-state index contributed by atoms with van der Waals surface area (Å²) in [4.78, 5) is 27.6. The van der Waals surface area contributed by atoms with E-state index in [1.807, 2.05) is 0 Å². The zero-order chi connectivity index (χ0) is 26.6. The number of methoxy groups -OCH3 is 2. The fourth-order valence-electron chi connectivity index (χ4n) is 4.52. The van der Waals surface area contributed by atoms with Crippen LogP contribution in [0, 0.1) is 0 Å². The van der Waals surface area contributed by atoms with Crippen molar-refractivity contribution < 1.29 is 37.3 Å². The smallest absolute Gasteiger partial charge is 0.295 e. The quantitative estimate of drug-likeness (QED) is 0.227. The van der Waals surface area contributed by atoms with Crippen LogP contribution in [0.2, 0.25) is 0 Å². The van der Waals surface area contributed by atoms with Gasteiger partial charge in [-0.05, 0) is 48.4 Å². The van der Waals surface area contributed by atoms with Crippen molar-refractivity contribution in [3.8, 4) is 5.75 Å². The van der Waals surface area contributed by atoms with Crippen LogP contribution in [0.15, 0.2) is 59.0 Å². The largest absolute Gasteiger partial charge is 0.507 e. The molecule has 10 nitrogen and oxygen atoms in total. The molecule has 2 fully saturated rings. The summed E-state index contributed by atoms with van der Waals surface area (Å²) in [6.45, 7) is 1.81. The van der Waals surface area contributed by atoms with E-state index < -0.39 is 27.8 Å². The lowest BCUT2D eigenvalue weighted by atomic mass is 9.95. The first kappa shape index (κ1) is 26.8. The molecule has 11 heteroatoms. The van der Waals surface area contributed by atoms with Crippen LogP contribution in [0.3, 0.4) is 0 Å². The zero-order valence-electron chi connectivity index (χ0n) is 20.8. The van der Waals surface area contributed by atoms with Crippen molar-refractivity contribution in [3.05, 3.63) is 65.2 Å². The van der Waals surface area contributed by atoms with Crippen molar-refractivity contribution in [2.45, 2.75) is 17.4 Å². The van der Waals surface area contributed by atoms with E-state index in [-0.39, 0.29) is 41.4 Å². The molecule has 0 aromatic heterocycles. The molecule has 4 rings (SSSR count). The number of carbonyl (C=O) groups is 2. The molecule has 37 heavy (non-hydrogen) atoms. The number of carbonyl (C=O) groups excluding carboxylic acids is 2. The summed E-state index contributed by atoms with van der Waals surface area (Å²) >= 11 is 0. The Hall–Kier alpha value is -3.25. The van der Waals surface area contributed by atoms with Gasteiger partial charge in [0.05, 0.1) is 36.8 Å². The Balaban J connectivity index is 1.73. The molecule has 2 aliphatic heterocycles. The van der Waals surface area contributed by atoms with E-state index in [1.165, 1.54) is 40.6 Å². The first-order valence-electron chi connectivity index (χ1n) is 11.9. The predicted molar refractivity (Wildman–Crippen MR) is 135 cm³/mol. The maximum atomic E-state index is 13.1. The van der Waals surface area contributed by atoms with Gasteiger partial charge in [-0.2, -0.15) is 4.31 Å². The topological polar surface area (TPSA) is 123 Å². The molecule has 1 N–H and O–H groups in total. The highest BCUT2D eigenvalue weighted by Gasteiger charge is 2.46. The Bertz CT molecular complexity index is 1280. The molecule has 0 saturated carbocycles. The van der Waals surface area contributed by atoms with Crippen LogP contribution in [0.25, 0.3) is 5.76 Å². The maximum absolute atomic E-state index is 13.1. The first-order valence-corrected chi connectivity index (χ1v) is 13.3. The normalized spacial score (nSPS) is 20.4. The average molecular weight is 531 g/mol. The Labute approximate surface area is 216 Å². The number of hydrogen-bond acceptors (Lipinski definition) is 8. The summed E-state index contributed by atoms with van der Waals surface area (Å²) in [5, 5.41) is 11.2. The van der Waals surface area contributed by atoms with E-state index in [4.69, 9.17) is 14.2 Å². The second-order valence-corrected chi connectivity index (χ2v) is 10.6. The number of ketones is 1. The molecule has 1 unspecified atom stereocenters. The van der Waals surface area contributed by atoms with Gasteiger partial charge in [-0.3, -0.25) is 9.59 Å². The van der Waals surface area contributed by atoms with Gasteiger partial charge in [0, 0.05) is 38.9 Å². The fraction of sp³-hybridized carbons (Fsp3) is 0.385. The van der Waals surface area contributed by atoms with Crippen molar-refractivity contribution in [1.29, 1.82) is 0 Å². The first-order chi connectivity index (χ1) is 17.8. The Kier molecular flexibility index (Phi) is 8.28. The minimum atomic E-state index is -3.73. The molecule has 2 aromatic rings. The second kappa shape index (κ2) is 11.4. The van der Waals surface area contributed by atoms with Gasteiger partial charge in [-0.25, -0.2) is 8.42 Å². The average Bonchev–Trinajstić information content (AvgIpc) is 3.18. The number of sulfonamides is 1. The molecular weight excluding hydrogens is 500 g/mol. The lowest BCUT2D eigenvalue weighted by molar-refractivity contribution is -0.140. The number of ether oxygens (including phenoxy) is 3. The van der Waals surface area contributed by atoms with Gasteiger partial charge >= 0.3 is 0 Å². The number of aliphatic hydroxyl groups excluding tert-OH is 1. The Morgan fingerprint density at radius 3 is 2.43 bits per heavy atom. The third-order valence-corrected chi connectivity index (χ3v) is 8.35. The third kappa shape index (κ3) is 5.40. The molecule has 1 atom stereocenters. The van der Waals surface area contributed by atoms with Crippen LogP contribution in [0.1, 0.15) is 23.6 Å². The van der Waals surface area contributed by atoms with Crippen molar-refractivity contribution in [2.24, 2.45) is 0 Å². The van der Waals surface area contributed by atoms with Crippen LogP contribution in [-0.2, 0) is 29.1 Å². The third-order valence-electron chi connectivity index (χ3n) is 6.43. The second-order valence-electron chi connectivity index (χ2n) is 8.66. The number of rotatable bonds is 9. The van der Waals surface area contributed by atoms with Gasteiger partial charge in [-0.15, -0.1) is 0 Å². The monoisotopic (exact) mass is 530 g/mol. The van der Waals surface area contributed by atoms with E-state index in [1.54, 1.807) is 31.4 Å². The van der Waals surface area contributed by atoms with Crippen molar-refractivity contribution in [2.75, 3.05) is 53.7 Å². The lowest BCUT2D eigenvalue weighted by Crippen LogP contribution is -2.40. The van der Waals surface area contributed by atoms with Gasteiger partial charge in [-0.1, -0.05) is 12.1 Å². The summed E-state index contributed by atoms with van der Waals surface area (Å²) in [6.07, 6.45) is 0.498. The molecule has 0 bridgehead atoms. The van der Waals surface area contributed by atoms with Crippen LogP contribution < -0.4 is 4.74 Å². The van der Waals surface area contributed by atoms with Gasteiger partial charge in [0.1, 0.15) is 11.5 Å². The van der Waals surface area contributed by atoms with Crippen molar-refractivity contribution in [1.82, 2.24) is 9.21 Å². The van der Waals surface area contributed by atoms with E-state index >= 15 is 0 Å². The molecular formula is C26H30N2O8S. The van der Waals surface area contributed by atoms with Crippen LogP contribution in [0.4, 0.5) is 0 Å². The number of nitrogens with zero attached hydrogens (tertiary/aromatic N) is 2. The highest BCUT2D eigenvalue weighted by molar-refractivity contribution is 7.89. The summed E-state index contributed by atoms with van der Waals surface area (Å²) in [5.74, 6) is -1.38. The van der Waals surface area contributed by atoms with E-state index in [2.05, 4.69) is 0 Å². The minimum Gasteiger partial charge on any atom is -0.507 e. The van der Waals surface area contributed by atoms with E-state index in [0.717, 1.165) is 0 Å². The fourth-order valence-corrected chi connectivity index (χ4v) is 5.93. The predicted octanol–water partition coefficient (Wildman–Crippen LogP) is 2.17. The summed E-state index contributed by atoms with van der Waals surface area (Å²) < 4.78 is 42.9. The molecule has 2 aliphatic rings. The molecule has 1 amide bonds. The molecule has 2 saturated heterocycles. The van der Waals surface area contributed by atoms with Crippen LogP contribution >= 0.6 is 0 Å². The summed E-state index contributed by atoms with van der Waals surface area (Å²) in [5.41, 5.74) is 0.757. The van der Waals surface area contributed by atoms with Crippen molar-refractivity contribution >= 4 is 27.5 Å². The lowest BCUT2D eigenvalue weighted by Gasteiger charge is -2.26. The standard InChI is InChI=1S/C26H30N2O8S/c1-34-14-4-11-28-23(19-5-3-6-20(17-19)35-2)22(25(30)26(28)31)24(29)18-7-9-21(10-8-18)37(32,33)27-12-15-36-16-13-27/h3,5-10,17,23,29H,4,11-16H2,1-2H3/b24-22+. The number of morpholine rings is 1. The van der Waals surface area contributed by atoms with Gasteiger partial charge in [0.25, 0.3) is 11.7 Å². The number of amides is 1. The number of benzene rings is 2. The maximum Gasteiger partial charge on any atom is 0.295 e. The van der Waals surface area contributed by atoms with Gasteiger partial charge < -0.3 is 24.2 Å². The van der Waals surface area contributed by atoms with Crippen LogP contribution in [0.5, 0.6) is 5.75 Å². The van der Waals surface area contributed by atoms with Gasteiger partial charge in [0.2, 0.25) is 10.0 Å². The number of Topliss-reactive ketones (excluding diaryl/α,β-unsaturated/α-hetero) is 1. The van der Waals surface area contributed by atoms with Gasteiger partial charge in [0.15, 0.2) is 0 Å². The van der Waals surface area contributed by atoms with Crippen LogP contribution in [-0.4, -0.2) is 88.1 Å². The minimum absolute atomic E-state index is 0.0651. The highest BCUT2D eigenvalue weighted by Crippen LogP contribution is 2.40. The molecule has 2 heterocycles. The summed E-state index contributed by atoms with van der Waals surface area (Å²) in [6, 6.07) is 11.8. The highest BCUT2D eigenvalue weighted by atomic mass is 32.2. The molecule has 0 spiro atoms. The Morgan fingerprint density at radius 1 is 1.08 bits per heavy atom. The number of likely N-dealkylation sites (tertiary alicyclic amines) is 1. The van der Waals surface area contributed by atoms with E-state index in [0.29, 0.717) is 37.6 Å². The molecule has 0 radical (unpaired) electrons. The SMILES string of the molecule is COCCCN1C(=O)C(=O)/C(=C(/O)c2ccc(S(=O)(=O)N3CCOCC3)cc2)C1c1cccc(OC)c1. The molecule has 2 aromatic carbocycles. The molecule has 198 valence electrons. The molecule has 0 aliphatic carbocycles. The number of aliphatic hydroxyl groups is 1. The summed E-state index contributed by atoms with van der Waals surface area (Å²) in [7, 11) is -0.658. The zero-order valence-corrected chi connectivity index (χ0v) is 21.6. The Morgan fingerprint density at radius 2 is 1.78 bits per heavy atom. The van der Waals surface area contributed by atoms with E-state index in [9.17, 15) is 23.1 Å². The van der Waals surface area contributed by atoms with Crippen molar-refractivity contribution in [3.63, 3.8) is 0 Å². The number of hydrogen-bond donors (Lipinski definition) is 1.